The number of carbonyl (C=O) groups is 1. The molecule has 1 rings (SSSR count). The van der Waals surface area contributed by atoms with E-state index in [9.17, 15) is 4.79 Å². The van der Waals surface area contributed by atoms with Gasteiger partial charge in [0.05, 0.1) is 0 Å². The van der Waals surface area contributed by atoms with E-state index in [1.807, 2.05) is 18.7 Å². The van der Waals surface area contributed by atoms with Crippen LogP contribution in [0.1, 0.15) is 33.6 Å². The van der Waals surface area contributed by atoms with Crippen LogP contribution in [0.25, 0.3) is 0 Å². The van der Waals surface area contributed by atoms with E-state index in [0.717, 1.165) is 25.9 Å². The monoisotopic (exact) mass is 228 g/mol. The Morgan fingerprint density at radius 2 is 2.31 bits per heavy atom. The molecule has 0 bridgehead atoms. The second-order valence-corrected chi connectivity index (χ2v) is 4.87. The Hall–Kier alpha value is -0.610. The molecular weight excluding hydrogens is 204 g/mol. The first-order chi connectivity index (χ1) is 7.53. The van der Waals surface area contributed by atoms with E-state index in [4.69, 9.17) is 10.5 Å². The molecule has 0 spiro atoms. The smallest absolute Gasteiger partial charge is 0.254 e. The minimum Gasteiger partial charge on any atom is -0.365 e. The van der Waals surface area contributed by atoms with Crippen molar-refractivity contribution >= 4 is 5.91 Å². The van der Waals surface area contributed by atoms with Crippen LogP contribution in [0, 0.1) is 5.92 Å². The molecule has 2 N–H and O–H groups in total. The zero-order chi connectivity index (χ0) is 12.2. The molecule has 0 aromatic carbocycles. The molecule has 1 amide bonds. The van der Waals surface area contributed by atoms with Gasteiger partial charge in [-0.15, -0.1) is 0 Å². The van der Waals surface area contributed by atoms with Crippen LogP contribution in [0.5, 0.6) is 0 Å². The number of carbonyl (C=O) groups excluding carboxylic acids is 1. The lowest BCUT2D eigenvalue weighted by molar-refractivity contribution is -0.151. The third-order valence-electron chi connectivity index (χ3n) is 3.27. The van der Waals surface area contributed by atoms with E-state index in [1.165, 1.54) is 0 Å². The van der Waals surface area contributed by atoms with Crippen molar-refractivity contribution in [3.05, 3.63) is 0 Å². The summed E-state index contributed by atoms with van der Waals surface area (Å²) < 4.78 is 5.58. The van der Waals surface area contributed by atoms with Crippen LogP contribution < -0.4 is 5.73 Å². The molecule has 1 aliphatic heterocycles. The molecule has 16 heavy (non-hydrogen) atoms. The van der Waals surface area contributed by atoms with Gasteiger partial charge >= 0.3 is 0 Å². The van der Waals surface area contributed by atoms with Crippen molar-refractivity contribution in [1.82, 2.24) is 4.90 Å². The summed E-state index contributed by atoms with van der Waals surface area (Å²) in [5.74, 6) is 0.460. The van der Waals surface area contributed by atoms with E-state index in [-0.39, 0.29) is 5.91 Å². The van der Waals surface area contributed by atoms with Crippen molar-refractivity contribution in [3.63, 3.8) is 0 Å². The Morgan fingerprint density at radius 1 is 1.62 bits per heavy atom. The number of ether oxygens (including phenoxy) is 1. The Balaban J connectivity index is 2.61. The van der Waals surface area contributed by atoms with Gasteiger partial charge in [-0.1, -0.05) is 6.92 Å². The summed E-state index contributed by atoms with van der Waals surface area (Å²) in [5.41, 5.74) is 5.00. The van der Waals surface area contributed by atoms with Gasteiger partial charge in [0.15, 0.2) is 0 Å². The highest BCUT2D eigenvalue weighted by Gasteiger charge is 2.40. The summed E-state index contributed by atoms with van der Waals surface area (Å²) in [7, 11) is 0. The van der Waals surface area contributed by atoms with Gasteiger partial charge in [0, 0.05) is 19.7 Å². The van der Waals surface area contributed by atoms with Crippen molar-refractivity contribution in [2.24, 2.45) is 11.7 Å². The summed E-state index contributed by atoms with van der Waals surface area (Å²) in [5, 5.41) is 0. The summed E-state index contributed by atoms with van der Waals surface area (Å²) >= 11 is 0. The second-order valence-electron chi connectivity index (χ2n) is 4.87. The second kappa shape index (κ2) is 5.64. The molecule has 0 aliphatic carbocycles. The molecule has 1 heterocycles. The van der Waals surface area contributed by atoms with Gasteiger partial charge in [-0.2, -0.15) is 0 Å². The molecule has 4 heteroatoms. The van der Waals surface area contributed by atoms with Crippen LogP contribution >= 0.6 is 0 Å². The first-order valence-electron chi connectivity index (χ1n) is 6.17. The van der Waals surface area contributed by atoms with Gasteiger partial charge in [-0.05, 0) is 39.2 Å². The van der Waals surface area contributed by atoms with Gasteiger partial charge in [0.25, 0.3) is 5.91 Å². The SMILES string of the molecule is CCN(CC(C)CN)C(=O)C1(C)CCCO1. The van der Waals surface area contributed by atoms with Crippen molar-refractivity contribution < 1.29 is 9.53 Å². The molecule has 94 valence electrons. The van der Waals surface area contributed by atoms with Crippen molar-refractivity contribution in [1.29, 1.82) is 0 Å². The maximum absolute atomic E-state index is 12.3. The fourth-order valence-electron chi connectivity index (χ4n) is 2.09. The highest BCUT2D eigenvalue weighted by atomic mass is 16.5. The average Bonchev–Trinajstić information content (AvgIpc) is 2.73. The van der Waals surface area contributed by atoms with Gasteiger partial charge in [-0.25, -0.2) is 0 Å². The lowest BCUT2D eigenvalue weighted by atomic mass is 10.00. The van der Waals surface area contributed by atoms with E-state index in [2.05, 4.69) is 6.92 Å². The maximum Gasteiger partial charge on any atom is 0.254 e. The standard InChI is InChI=1S/C12H24N2O2/c1-4-14(9-10(2)8-13)11(15)12(3)6-5-7-16-12/h10H,4-9,13H2,1-3H3. The van der Waals surface area contributed by atoms with Gasteiger partial charge in [0.1, 0.15) is 5.60 Å². The van der Waals surface area contributed by atoms with Crippen LogP contribution in [0.2, 0.25) is 0 Å². The number of rotatable bonds is 5. The Labute approximate surface area is 98.1 Å². The summed E-state index contributed by atoms with van der Waals surface area (Å²) in [6.45, 7) is 8.73. The zero-order valence-corrected chi connectivity index (χ0v) is 10.7. The van der Waals surface area contributed by atoms with Gasteiger partial charge in [0.2, 0.25) is 0 Å². The predicted molar refractivity (Wildman–Crippen MR) is 64.1 cm³/mol. The number of hydrogen-bond donors (Lipinski definition) is 1. The largest absolute Gasteiger partial charge is 0.365 e. The van der Waals surface area contributed by atoms with E-state index >= 15 is 0 Å². The third-order valence-corrected chi connectivity index (χ3v) is 3.27. The van der Waals surface area contributed by atoms with Crippen molar-refractivity contribution in [3.8, 4) is 0 Å². The molecule has 1 saturated heterocycles. The Kier molecular flexibility index (Phi) is 4.74. The quantitative estimate of drug-likeness (QED) is 0.763. The lowest BCUT2D eigenvalue weighted by Crippen LogP contribution is -2.48. The number of amides is 1. The Morgan fingerprint density at radius 3 is 2.75 bits per heavy atom. The molecule has 0 saturated carbocycles. The van der Waals surface area contributed by atoms with Crippen LogP contribution in [0.4, 0.5) is 0 Å². The zero-order valence-electron chi connectivity index (χ0n) is 10.7. The molecule has 2 unspecified atom stereocenters. The van der Waals surface area contributed by atoms with Crippen LogP contribution in [-0.4, -0.2) is 42.6 Å². The summed E-state index contributed by atoms with van der Waals surface area (Å²) in [6, 6.07) is 0. The molecule has 0 aromatic heterocycles. The molecule has 0 radical (unpaired) electrons. The van der Waals surface area contributed by atoms with Crippen molar-refractivity contribution in [2.45, 2.75) is 39.2 Å². The number of hydrogen-bond acceptors (Lipinski definition) is 3. The molecule has 0 aromatic rings. The topological polar surface area (TPSA) is 55.6 Å². The first kappa shape index (κ1) is 13.5. The fraction of sp³-hybridized carbons (Fsp3) is 0.917. The number of nitrogens with zero attached hydrogens (tertiary/aromatic N) is 1. The molecular formula is C12H24N2O2. The summed E-state index contributed by atoms with van der Waals surface area (Å²) in [4.78, 5) is 14.2. The minimum atomic E-state index is -0.593. The van der Waals surface area contributed by atoms with E-state index in [1.54, 1.807) is 0 Å². The fourth-order valence-corrected chi connectivity index (χ4v) is 2.09. The maximum atomic E-state index is 12.3. The van der Waals surface area contributed by atoms with Crippen LogP contribution in [0.15, 0.2) is 0 Å². The number of likely N-dealkylation sites (N-methyl/N-ethyl adjacent to an activating group) is 1. The molecule has 1 fully saturated rings. The average molecular weight is 228 g/mol. The van der Waals surface area contributed by atoms with Gasteiger partial charge < -0.3 is 15.4 Å². The van der Waals surface area contributed by atoms with E-state index < -0.39 is 5.60 Å². The molecule has 4 nitrogen and oxygen atoms in total. The van der Waals surface area contributed by atoms with Crippen LogP contribution in [0.3, 0.4) is 0 Å². The highest BCUT2D eigenvalue weighted by molar-refractivity contribution is 5.85. The first-order valence-corrected chi connectivity index (χ1v) is 6.17. The minimum absolute atomic E-state index is 0.118. The summed E-state index contributed by atoms with van der Waals surface area (Å²) in [6.07, 6.45) is 1.81. The number of nitrogens with two attached hydrogens (primary N) is 1. The van der Waals surface area contributed by atoms with Gasteiger partial charge in [-0.3, -0.25) is 4.79 Å². The van der Waals surface area contributed by atoms with Crippen LogP contribution in [-0.2, 0) is 9.53 Å². The normalized spacial score (nSPS) is 26.8. The molecule has 1 aliphatic rings. The van der Waals surface area contributed by atoms with E-state index in [0.29, 0.717) is 19.1 Å². The third kappa shape index (κ3) is 2.95. The highest BCUT2D eigenvalue weighted by Crippen LogP contribution is 2.27. The molecule has 2 atom stereocenters. The Bertz CT molecular complexity index is 237. The lowest BCUT2D eigenvalue weighted by Gasteiger charge is -2.31. The van der Waals surface area contributed by atoms with Crippen molar-refractivity contribution in [2.75, 3.05) is 26.2 Å². The predicted octanol–water partition coefficient (Wildman–Crippen LogP) is 0.999.